The Balaban J connectivity index is 1.63. The summed E-state index contributed by atoms with van der Waals surface area (Å²) in [6.07, 6.45) is 3.81. The number of rotatable bonds is 9. The molecule has 0 aliphatic rings. The second kappa shape index (κ2) is 11.3. The first-order chi connectivity index (χ1) is 13.6. The number of hydrogen-bond acceptors (Lipinski definition) is 6. The Morgan fingerprint density at radius 3 is 2.43 bits per heavy atom. The predicted octanol–water partition coefficient (Wildman–Crippen LogP) is 1.29. The van der Waals surface area contributed by atoms with E-state index in [0.717, 1.165) is 12.2 Å². The van der Waals surface area contributed by atoms with Gasteiger partial charge in [-0.25, -0.2) is 0 Å². The van der Waals surface area contributed by atoms with E-state index in [9.17, 15) is 14.4 Å². The molecule has 1 aromatic heterocycles. The van der Waals surface area contributed by atoms with Crippen LogP contribution < -0.4 is 20.9 Å². The number of ether oxygens (including phenoxy) is 2. The monoisotopic (exact) mass is 386 g/mol. The van der Waals surface area contributed by atoms with Crippen LogP contribution in [0, 0.1) is 0 Å². The molecule has 0 radical (unpaired) electrons. The van der Waals surface area contributed by atoms with Gasteiger partial charge < -0.3 is 14.8 Å². The zero-order valence-corrected chi connectivity index (χ0v) is 15.4. The van der Waals surface area contributed by atoms with Crippen LogP contribution in [0.4, 0.5) is 5.69 Å². The molecule has 9 nitrogen and oxygen atoms in total. The first-order valence-corrected chi connectivity index (χ1v) is 8.68. The van der Waals surface area contributed by atoms with Crippen LogP contribution in [-0.2, 0) is 14.3 Å². The van der Waals surface area contributed by atoms with Crippen molar-refractivity contribution in [2.45, 2.75) is 13.3 Å². The summed E-state index contributed by atoms with van der Waals surface area (Å²) in [5, 5.41) is 2.64. The molecular formula is C19H22N4O5. The molecule has 3 amide bonds. The molecule has 0 atom stereocenters. The van der Waals surface area contributed by atoms with Gasteiger partial charge in [0.1, 0.15) is 19.0 Å². The SMILES string of the molecule is CCCOc1ccc(NC(=O)COCC(=O)NNC(=O)c2cccnc2)cc1. The van der Waals surface area contributed by atoms with E-state index in [2.05, 4.69) is 21.2 Å². The minimum atomic E-state index is -0.595. The molecule has 0 bridgehead atoms. The average Bonchev–Trinajstić information content (AvgIpc) is 2.72. The van der Waals surface area contributed by atoms with Crippen LogP contribution in [0.2, 0.25) is 0 Å². The maximum absolute atomic E-state index is 11.8. The third-order valence-electron chi connectivity index (χ3n) is 3.32. The van der Waals surface area contributed by atoms with E-state index in [1.54, 1.807) is 36.4 Å². The van der Waals surface area contributed by atoms with E-state index in [0.29, 0.717) is 17.9 Å². The van der Waals surface area contributed by atoms with Gasteiger partial charge in [0, 0.05) is 18.1 Å². The van der Waals surface area contributed by atoms with E-state index in [4.69, 9.17) is 9.47 Å². The summed E-state index contributed by atoms with van der Waals surface area (Å²) >= 11 is 0. The summed E-state index contributed by atoms with van der Waals surface area (Å²) in [5.74, 6) is -0.788. The smallest absolute Gasteiger partial charge is 0.271 e. The normalized spacial score (nSPS) is 10.0. The highest BCUT2D eigenvalue weighted by atomic mass is 16.5. The second-order valence-electron chi connectivity index (χ2n) is 5.66. The number of hydrazine groups is 1. The number of nitrogens with zero attached hydrogens (tertiary/aromatic N) is 1. The zero-order chi connectivity index (χ0) is 20.2. The van der Waals surface area contributed by atoms with Gasteiger partial charge in [0.15, 0.2) is 0 Å². The largest absolute Gasteiger partial charge is 0.494 e. The molecule has 0 saturated carbocycles. The quantitative estimate of drug-likeness (QED) is 0.559. The third-order valence-corrected chi connectivity index (χ3v) is 3.32. The van der Waals surface area contributed by atoms with Crippen LogP contribution in [0.25, 0.3) is 0 Å². The summed E-state index contributed by atoms with van der Waals surface area (Å²) in [5.41, 5.74) is 5.30. The van der Waals surface area contributed by atoms with Gasteiger partial charge in [-0.3, -0.25) is 30.2 Å². The number of aromatic nitrogens is 1. The lowest BCUT2D eigenvalue weighted by Gasteiger charge is -2.09. The Morgan fingerprint density at radius 2 is 1.75 bits per heavy atom. The average molecular weight is 386 g/mol. The van der Waals surface area contributed by atoms with Crippen LogP contribution in [0.3, 0.4) is 0 Å². The van der Waals surface area contributed by atoms with E-state index in [-0.39, 0.29) is 13.2 Å². The molecule has 0 saturated heterocycles. The molecule has 2 rings (SSSR count). The minimum absolute atomic E-state index is 0.300. The molecule has 1 heterocycles. The standard InChI is InChI=1S/C19H22N4O5/c1-2-10-28-16-7-5-15(6-8-16)21-17(24)12-27-13-18(25)22-23-19(26)14-4-3-9-20-11-14/h3-9,11H,2,10,12-13H2,1H3,(H,21,24)(H,22,25)(H,23,26). The van der Waals surface area contributed by atoms with Gasteiger partial charge in [0.25, 0.3) is 11.8 Å². The van der Waals surface area contributed by atoms with Crippen molar-refractivity contribution in [1.82, 2.24) is 15.8 Å². The molecule has 0 spiro atoms. The summed E-state index contributed by atoms with van der Waals surface area (Å²) < 4.78 is 10.5. The van der Waals surface area contributed by atoms with Gasteiger partial charge >= 0.3 is 0 Å². The van der Waals surface area contributed by atoms with Gasteiger partial charge in [-0.15, -0.1) is 0 Å². The number of benzene rings is 1. The Bertz CT molecular complexity index is 781. The van der Waals surface area contributed by atoms with Gasteiger partial charge in [0.2, 0.25) is 5.91 Å². The maximum Gasteiger partial charge on any atom is 0.271 e. The fourth-order valence-corrected chi connectivity index (χ4v) is 2.02. The van der Waals surface area contributed by atoms with Crippen molar-refractivity contribution in [3.8, 4) is 5.75 Å². The molecule has 9 heteroatoms. The van der Waals surface area contributed by atoms with Crippen molar-refractivity contribution in [1.29, 1.82) is 0 Å². The van der Waals surface area contributed by atoms with Gasteiger partial charge in [-0.2, -0.15) is 0 Å². The molecule has 28 heavy (non-hydrogen) atoms. The predicted molar refractivity (Wildman–Crippen MR) is 102 cm³/mol. The molecule has 0 aliphatic carbocycles. The van der Waals surface area contributed by atoms with Crippen molar-refractivity contribution < 1.29 is 23.9 Å². The van der Waals surface area contributed by atoms with Gasteiger partial charge in [0.05, 0.1) is 12.2 Å². The van der Waals surface area contributed by atoms with E-state index in [1.807, 2.05) is 6.92 Å². The second-order valence-corrected chi connectivity index (χ2v) is 5.66. The van der Waals surface area contributed by atoms with Crippen molar-refractivity contribution in [2.24, 2.45) is 0 Å². The number of anilines is 1. The number of carbonyl (C=O) groups is 3. The van der Waals surface area contributed by atoms with Crippen LogP contribution in [0.1, 0.15) is 23.7 Å². The van der Waals surface area contributed by atoms with Crippen LogP contribution >= 0.6 is 0 Å². The molecule has 1 aromatic carbocycles. The van der Waals surface area contributed by atoms with E-state index in [1.165, 1.54) is 12.4 Å². The highest BCUT2D eigenvalue weighted by molar-refractivity contribution is 5.95. The number of amides is 3. The van der Waals surface area contributed by atoms with E-state index < -0.39 is 17.7 Å². The fraction of sp³-hybridized carbons (Fsp3) is 0.263. The van der Waals surface area contributed by atoms with Crippen molar-refractivity contribution in [2.75, 3.05) is 25.1 Å². The number of nitrogens with one attached hydrogen (secondary N) is 3. The van der Waals surface area contributed by atoms with Crippen molar-refractivity contribution in [3.63, 3.8) is 0 Å². The Hall–Kier alpha value is -3.46. The highest BCUT2D eigenvalue weighted by Crippen LogP contribution is 2.15. The lowest BCUT2D eigenvalue weighted by Crippen LogP contribution is -2.43. The van der Waals surface area contributed by atoms with Crippen LogP contribution in [-0.4, -0.2) is 42.5 Å². The molecule has 0 aliphatic heterocycles. The summed E-state index contributed by atoms with van der Waals surface area (Å²) in [7, 11) is 0. The van der Waals surface area contributed by atoms with E-state index >= 15 is 0 Å². The molecule has 0 fully saturated rings. The summed E-state index contributed by atoms with van der Waals surface area (Å²) in [4.78, 5) is 39.0. The molecule has 3 N–H and O–H groups in total. The van der Waals surface area contributed by atoms with Crippen molar-refractivity contribution >= 4 is 23.4 Å². The molecule has 0 unspecified atom stereocenters. The topological polar surface area (TPSA) is 119 Å². The maximum atomic E-state index is 11.8. The molecule has 2 aromatic rings. The Morgan fingerprint density at radius 1 is 1.00 bits per heavy atom. The number of hydrogen-bond donors (Lipinski definition) is 3. The van der Waals surface area contributed by atoms with Crippen LogP contribution in [0.15, 0.2) is 48.8 Å². The number of pyridine rings is 1. The van der Waals surface area contributed by atoms with Gasteiger partial charge in [-0.1, -0.05) is 6.92 Å². The van der Waals surface area contributed by atoms with Crippen LogP contribution in [0.5, 0.6) is 5.75 Å². The summed E-state index contributed by atoms with van der Waals surface area (Å²) in [6.45, 7) is 1.95. The lowest BCUT2D eigenvalue weighted by atomic mass is 10.3. The minimum Gasteiger partial charge on any atom is -0.494 e. The first-order valence-electron chi connectivity index (χ1n) is 8.68. The molecular weight excluding hydrogens is 364 g/mol. The zero-order valence-electron chi connectivity index (χ0n) is 15.4. The fourth-order valence-electron chi connectivity index (χ4n) is 2.02. The highest BCUT2D eigenvalue weighted by Gasteiger charge is 2.09. The number of carbonyl (C=O) groups excluding carboxylic acids is 3. The Kier molecular flexibility index (Phi) is 8.41. The first kappa shape index (κ1) is 20.8. The molecule has 148 valence electrons. The van der Waals surface area contributed by atoms with Gasteiger partial charge in [-0.05, 0) is 42.8 Å². The third kappa shape index (κ3) is 7.42. The van der Waals surface area contributed by atoms with Crippen molar-refractivity contribution in [3.05, 3.63) is 54.4 Å². The lowest BCUT2D eigenvalue weighted by molar-refractivity contribution is -0.129. The Labute approximate surface area is 162 Å². The summed E-state index contributed by atoms with van der Waals surface area (Å²) in [6, 6.07) is 10.1.